The van der Waals surface area contributed by atoms with Crippen LogP contribution >= 0.6 is 24.0 Å². The van der Waals surface area contributed by atoms with E-state index < -0.39 is 0 Å². The number of rotatable bonds is 5. The van der Waals surface area contributed by atoms with Crippen molar-refractivity contribution in [2.75, 3.05) is 13.2 Å². The monoisotopic (exact) mass is 311 g/mol. The third-order valence-corrected chi connectivity index (χ3v) is 3.91. The molecule has 0 aromatic carbocycles. The lowest BCUT2D eigenvalue weighted by Gasteiger charge is -2.13. The zero-order chi connectivity index (χ0) is 14.5. The van der Waals surface area contributed by atoms with Gasteiger partial charge in [-0.05, 0) is 19.1 Å². The van der Waals surface area contributed by atoms with Crippen molar-refractivity contribution in [3.05, 3.63) is 29.1 Å². The summed E-state index contributed by atoms with van der Waals surface area (Å²) in [7, 11) is 0. The Kier molecular flexibility index (Phi) is 4.97. The Bertz CT molecular complexity index is 551. The van der Waals surface area contributed by atoms with Gasteiger partial charge >= 0.3 is 5.97 Å². The van der Waals surface area contributed by atoms with Gasteiger partial charge < -0.3 is 9.15 Å². The van der Waals surface area contributed by atoms with Crippen LogP contribution in [0, 0.1) is 0 Å². The summed E-state index contributed by atoms with van der Waals surface area (Å²) in [6, 6.07) is 3.50. The summed E-state index contributed by atoms with van der Waals surface area (Å²) >= 11 is 6.35. The van der Waals surface area contributed by atoms with Gasteiger partial charge in [0.1, 0.15) is 10.1 Å². The maximum Gasteiger partial charge on any atom is 0.307 e. The minimum Gasteiger partial charge on any atom is -0.466 e. The molecule has 5 nitrogen and oxygen atoms in total. The Labute approximate surface area is 125 Å². The van der Waals surface area contributed by atoms with Gasteiger partial charge in [0.15, 0.2) is 0 Å². The first-order chi connectivity index (χ1) is 9.61. The van der Waals surface area contributed by atoms with Crippen molar-refractivity contribution in [2.24, 2.45) is 0 Å². The lowest BCUT2D eigenvalue weighted by atomic mass is 10.3. The number of thiocarbonyl (C=S) groups is 1. The zero-order valence-corrected chi connectivity index (χ0v) is 12.5. The summed E-state index contributed by atoms with van der Waals surface area (Å²) in [6.07, 6.45) is 3.31. The van der Waals surface area contributed by atoms with E-state index >= 15 is 0 Å². The maximum atomic E-state index is 12.2. The number of thioether (sulfide) groups is 1. The van der Waals surface area contributed by atoms with Crippen molar-refractivity contribution in [1.82, 2.24) is 4.90 Å². The van der Waals surface area contributed by atoms with E-state index in [1.807, 2.05) is 0 Å². The molecule has 0 spiro atoms. The zero-order valence-electron chi connectivity index (χ0n) is 10.8. The maximum absolute atomic E-state index is 12.2. The molecule has 0 atom stereocenters. The van der Waals surface area contributed by atoms with Crippen LogP contribution in [0.2, 0.25) is 0 Å². The Morgan fingerprint density at radius 1 is 1.60 bits per heavy atom. The van der Waals surface area contributed by atoms with Crippen molar-refractivity contribution in [3.63, 3.8) is 0 Å². The minimum absolute atomic E-state index is 0.133. The number of carbonyl (C=O) groups excluding carboxylic acids is 2. The first-order valence-corrected chi connectivity index (χ1v) is 7.28. The number of hydrogen-bond donors (Lipinski definition) is 0. The Morgan fingerprint density at radius 2 is 2.40 bits per heavy atom. The lowest BCUT2D eigenvalue weighted by molar-refractivity contribution is -0.143. The smallest absolute Gasteiger partial charge is 0.307 e. The number of carbonyl (C=O) groups is 2. The van der Waals surface area contributed by atoms with Crippen molar-refractivity contribution in [2.45, 2.75) is 13.3 Å². The number of hydrogen-bond acceptors (Lipinski definition) is 6. The van der Waals surface area contributed by atoms with Crippen LogP contribution in [0.5, 0.6) is 0 Å². The minimum atomic E-state index is -0.337. The highest BCUT2D eigenvalue weighted by atomic mass is 32.2. The molecule has 106 valence electrons. The van der Waals surface area contributed by atoms with Crippen molar-refractivity contribution in [1.29, 1.82) is 0 Å². The summed E-state index contributed by atoms with van der Waals surface area (Å²) in [5, 5.41) is 0. The molecule has 0 saturated carbocycles. The van der Waals surface area contributed by atoms with Gasteiger partial charge in [-0.25, -0.2) is 0 Å². The van der Waals surface area contributed by atoms with Crippen LogP contribution in [0.25, 0.3) is 6.08 Å². The molecule has 1 amide bonds. The number of nitrogens with zero attached hydrogens (tertiary/aromatic N) is 1. The topological polar surface area (TPSA) is 59.8 Å². The van der Waals surface area contributed by atoms with Gasteiger partial charge in [-0.3, -0.25) is 14.5 Å². The van der Waals surface area contributed by atoms with Crippen molar-refractivity contribution in [3.8, 4) is 0 Å². The standard InChI is InChI=1S/C13H13NO4S2/c1-2-17-11(15)5-6-14-12(16)10(20-13(14)19)8-9-4-3-7-18-9/h3-4,7-8H,2,5-6H2,1H3. The molecule has 20 heavy (non-hydrogen) atoms. The van der Waals surface area contributed by atoms with Crippen LogP contribution in [-0.4, -0.2) is 34.2 Å². The van der Waals surface area contributed by atoms with E-state index in [2.05, 4.69) is 0 Å². The molecule has 0 aliphatic carbocycles. The van der Waals surface area contributed by atoms with Crippen LogP contribution < -0.4 is 0 Å². The Morgan fingerprint density at radius 3 is 3.05 bits per heavy atom. The van der Waals surface area contributed by atoms with Crippen LogP contribution in [0.1, 0.15) is 19.1 Å². The molecular formula is C13H13NO4S2. The molecule has 0 bridgehead atoms. The molecule has 0 radical (unpaired) electrons. The van der Waals surface area contributed by atoms with Crippen LogP contribution in [0.15, 0.2) is 27.7 Å². The second-order valence-electron chi connectivity index (χ2n) is 3.90. The average Bonchev–Trinajstić information content (AvgIpc) is 2.99. The fourth-order valence-corrected chi connectivity index (χ4v) is 2.92. The predicted octanol–water partition coefficient (Wildman–Crippen LogP) is 2.43. The highest BCUT2D eigenvalue weighted by Gasteiger charge is 2.32. The second-order valence-corrected chi connectivity index (χ2v) is 5.58. The number of esters is 1. The summed E-state index contributed by atoms with van der Waals surface area (Å²) < 4.78 is 10.4. The van der Waals surface area contributed by atoms with Gasteiger partial charge in [-0.1, -0.05) is 24.0 Å². The predicted molar refractivity (Wildman–Crippen MR) is 79.8 cm³/mol. The molecule has 1 aliphatic heterocycles. The van der Waals surface area contributed by atoms with E-state index in [0.717, 1.165) is 0 Å². The molecule has 2 rings (SSSR count). The van der Waals surface area contributed by atoms with E-state index in [1.165, 1.54) is 22.9 Å². The lowest BCUT2D eigenvalue weighted by Crippen LogP contribution is -2.30. The molecule has 7 heteroatoms. The van der Waals surface area contributed by atoms with Crippen LogP contribution in [0.3, 0.4) is 0 Å². The fraction of sp³-hybridized carbons (Fsp3) is 0.308. The molecule has 1 aromatic heterocycles. The largest absolute Gasteiger partial charge is 0.466 e. The van der Waals surface area contributed by atoms with Gasteiger partial charge in [0.25, 0.3) is 5.91 Å². The van der Waals surface area contributed by atoms with E-state index in [4.69, 9.17) is 21.4 Å². The molecule has 0 unspecified atom stereocenters. The van der Waals surface area contributed by atoms with Gasteiger partial charge in [0.05, 0.1) is 24.2 Å². The normalized spacial score (nSPS) is 17.1. The average molecular weight is 311 g/mol. The molecule has 1 aromatic rings. The summed E-state index contributed by atoms with van der Waals surface area (Å²) in [5.74, 6) is 0.0492. The summed E-state index contributed by atoms with van der Waals surface area (Å²) in [4.78, 5) is 25.4. The van der Waals surface area contributed by atoms with Gasteiger partial charge in [-0.15, -0.1) is 0 Å². The van der Waals surface area contributed by atoms with Gasteiger partial charge in [0, 0.05) is 12.6 Å². The van der Waals surface area contributed by atoms with Crippen LogP contribution in [-0.2, 0) is 14.3 Å². The third kappa shape index (κ3) is 3.49. The van der Waals surface area contributed by atoms with Crippen molar-refractivity contribution >= 4 is 46.3 Å². The summed E-state index contributed by atoms with van der Waals surface area (Å²) in [5.41, 5.74) is 0. The molecule has 1 fully saturated rings. The van der Waals surface area contributed by atoms with E-state index in [-0.39, 0.29) is 24.8 Å². The number of ether oxygens (including phenoxy) is 1. The first-order valence-electron chi connectivity index (χ1n) is 6.06. The fourth-order valence-electron chi connectivity index (χ4n) is 1.63. The number of furan rings is 1. The van der Waals surface area contributed by atoms with Gasteiger partial charge in [-0.2, -0.15) is 0 Å². The summed E-state index contributed by atoms with van der Waals surface area (Å²) in [6.45, 7) is 2.30. The Balaban J connectivity index is 2.00. The van der Waals surface area contributed by atoms with E-state index in [0.29, 0.717) is 21.6 Å². The second kappa shape index (κ2) is 6.71. The van der Waals surface area contributed by atoms with E-state index in [9.17, 15) is 9.59 Å². The third-order valence-electron chi connectivity index (χ3n) is 2.53. The van der Waals surface area contributed by atoms with Crippen molar-refractivity contribution < 1.29 is 18.7 Å². The quantitative estimate of drug-likeness (QED) is 0.473. The molecular weight excluding hydrogens is 298 g/mol. The Hall–Kier alpha value is -1.60. The first kappa shape index (κ1) is 14.8. The van der Waals surface area contributed by atoms with Crippen LogP contribution in [0.4, 0.5) is 0 Å². The molecule has 1 saturated heterocycles. The number of amides is 1. The van der Waals surface area contributed by atoms with Gasteiger partial charge in [0.2, 0.25) is 0 Å². The highest BCUT2D eigenvalue weighted by molar-refractivity contribution is 8.26. The molecule has 2 heterocycles. The van der Waals surface area contributed by atoms with E-state index in [1.54, 1.807) is 25.1 Å². The highest BCUT2D eigenvalue weighted by Crippen LogP contribution is 2.32. The molecule has 0 N–H and O–H groups in total. The SMILES string of the molecule is CCOC(=O)CCN1C(=O)C(=Cc2ccco2)SC1=S. The molecule has 1 aliphatic rings.